The van der Waals surface area contributed by atoms with Gasteiger partial charge in [-0.1, -0.05) is 13.8 Å². The van der Waals surface area contributed by atoms with Crippen molar-refractivity contribution in [3.63, 3.8) is 0 Å². The number of hydrogen-bond acceptors (Lipinski definition) is 6. The number of ether oxygens (including phenoxy) is 2. The molecule has 0 saturated carbocycles. The molecule has 0 bridgehead atoms. The third-order valence-electron chi connectivity index (χ3n) is 4.17. The van der Waals surface area contributed by atoms with Gasteiger partial charge >= 0.3 is 11.9 Å². The fourth-order valence-corrected chi connectivity index (χ4v) is 2.71. The largest absolute Gasteiger partial charge is 0.463 e. The molecule has 1 saturated heterocycles. The molecule has 0 spiro atoms. The van der Waals surface area contributed by atoms with Crippen LogP contribution in [0.1, 0.15) is 40.5 Å². The zero-order valence-corrected chi connectivity index (χ0v) is 17.1. The smallest absolute Gasteiger partial charge is 0.330 e. The Morgan fingerprint density at radius 1 is 0.750 bits per heavy atom. The zero-order chi connectivity index (χ0) is 21.1. The van der Waals surface area contributed by atoms with Crippen LogP contribution >= 0.6 is 0 Å². The lowest BCUT2D eigenvalue weighted by Crippen LogP contribution is -2.59. The molecule has 0 aromatic rings. The maximum Gasteiger partial charge on any atom is 0.330 e. The summed E-state index contributed by atoms with van der Waals surface area (Å²) in [5, 5.41) is 0. The van der Waals surface area contributed by atoms with Crippen LogP contribution in [0.25, 0.3) is 0 Å². The number of piperazine rings is 1. The van der Waals surface area contributed by atoms with Crippen LogP contribution in [0.15, 0.2) is 24.3 Å². The number of amides is 2. The van der Waals surface area contributed by atoms with Crippen molar-refractivity contribution in [2.75, 3.05) is 26.3 Å². The van der Waals surface area contributed by atoms with Crippen molar-refractivity contribution >= 4 is 23.8 Å². The summed E-state index contributed by atoms with van der Waals surface area (Å²) in [7, 11) is 0. The van der Waals surface area contributed by atoms with E-state index in [1.54, 1.807) is 9.80 Å². The number of carbonyl (C=O) groups excluding carboxylic acids is 4. The molecule has 8 heteroatoms. The third-order valence-corrected chi connectivity index (χ3v) is 4.17. The Bertz CT molecular complexity index is 574. The van der Waals surface area contributed by atoms with Gasteiger partial charge in [-0.05, 0) is 26.7 Å². The lowest BCUT2D eigenvalue weighted by Gasteiger charge is -2.43. The van der Waals surface area contributed by atoms with Crippen LogP contribution in [0.5, 0.6) is 0 Å². The SMILES string of the molecule is CCCOC(=O)/C=C\C(=O)N1C[C@H](C)N(C(=O)/C=C/C(=O)OCCC)C[C@@H]1C. The van der Waals surface area contributed by atoms with Gasteiger partial charge in [0.05, 0.1) is 13.2 Å². The Kier molecular flexibility index (Phi) is 9.98. The third kappa shape index (κ3) is 7.54. The molecule has 8 nitrogen and oxygen atoms in total. The van der Waals surface area contributed by atoms with Crippen LogP contribution in [0.4, 0.5) is 0 Å². The normalized spacial score (nSPS) is 19.9. The first-order valence-electron chi connectivity index (χ1n) is 9.60. The van der Waals surface area contributed by atoms with E-state index in [0.717, 1.165) is 12.2 Å². The lowest BCUT2D eigenvalue weighted by atomic mass is 10.1. The standard InChI is InChI=1S/C20H30N2O6/c1-5-11-27-19(25)9-7-17(23)21-13-16(4)22(14-15(21)3)18(24)8-10-20(26)28-12-6-2/h7-10,15-16H,5-6,11-14H2,1-4H3/b9-7-,10-8+/t15-,16-/m0/s1. The number of esters is 2. The van der Waals surface area contributed by atoms with Gasteiger partial charge in [-0.3, -0.25) is 9.59 Å². The second kappa shape index (κ2) is 11.9. The summed E-state index contributed by atoms with van der Waals surface area (Å²) in [4.78, 5) is 51.0. The molecule has 1 aliphatic rings. The van der Waals surface area contributed by atoms with Gasteiger partial charge in [0, 0.05) is 49.5 Å². The van der Waals surface area contributed by atoms with Gasteiger partial charge in [-0.2, -0.15) is 0 Å². The molecule has 0 radical (unpaired) electrons. The van der Waals surface area contributed by atoms with Crippen LogP contribution < -0.4 is 0 Å². The van der Waals surface area contributed by atoms with Gasteiger partial charge in [-0.15, -0.1) is 0 Å². The summed E-state index contributed by atoms with van der Waals surface area (Å²) in [5.74, 6) is -1.72. The Morgan fingerprint density at radius 2 is 1.11 bits per heavy atom. The average molecular weight is 394 g/mol. The van der Waals surface area contributed by atoms with Gasteiger partial charge < -0.3 is 19.3 Å². The quantitative estimate of drug-likeness (QED) is 0.457. The van der Waals surface area contributed by atoms with E-state index < -0.39 is 11.9 Å². The molecular weight excluding hydrogens is 364 g/mol. The zero-order valence-electron chi connectivity index (χ0n) is 17.1. The molecule has 1 aliphatic heterocycles. The average Bonchev–Trinajstić information content (AvgIpc) is 2.68. The molecule has 0 N–H and O–H groups in total. The van der Waals surface area contributed by atoms with Gasteiger partial charge in [0.25, 0.3) is 0 Å². The predicted octanol–water partition coefficient (Wildman–Crippen LogP) is 1.45. The van der Waals surface area contributed by atoms with Crippen LogP contribution in [0, 0.1) is 0 Å². The van der Waals surface area contributed by atoms with Gasteiger partial charge in [0.1, 0.15) is 0 Å². The summed E-state index contributed by atoms with van der Waals surface area (Å²) in [6.07, 6.45) is 6.06. The molecule has 0 unspecified atom stereocenters. The second-order valence-corrected chi connectivity index (χ2v) is 6.68. The molecule has 2 amide bonds. The molecule has 156 valence electrons. The van der Waals surface area contributed by atoms with E-state index in [1.165, 1.54) is 12.2 Å². The minimum absolute atomic E-state index is 0.232. The number of carbonyl (C=O) groups is 4. The summed E-state index contributed by atoms with van der Waals surface area (Å²) >= 11 is 0. The van der Waals surface area contributed by atoms with Gasteiger partial charge in [-0.25, -0.2) is 9.59 Å². The minimum Gasteiger partial charge on any atom is -0.463 e. The maximum absolute atomic E-state index is 12.4. The predicted molar refractivity (Wildman–Crippen MR) is 103 cm³/mol. The molecular formula is C20H30N2O6. The first kappa shape index (κ1) is 23.4. The van der Waals surface area contributed by atoms with Crippen LogP contribution in [0.2, 0.25) is 0 Å². The van der Waals surface area contributed by atoms with Crippen molar-refractivity contribution in [2.45, 2.75) is 52.6 Å². The molecule has 1 rings (SSSR count). The van der Waals surface area contributed by atoms with Crippen molar-refractivity contribution in [3.05, 3.63) is 24.3 Å². The summed E-state index contributed by atoms with van der Waals surface area (Å²) in [6.45, 7) is 8.70. The monoisotopic (exact) mass is 394 g/mol. The maximum atomic E-state index is 12.4. The number of nitrogens with zero attached hydrogens (tertiary/aromatic N) is 2. The molecule has 1 heterocycles. The molecule has 2 atom stereocenters. The number of hydrogen-bond donors (Lipinski definition) is 0. The molecule has 0 aromatic heterocycles. The van der Waals surface area contributed by atoms with E-state index in [4.69, 9.17) is 9.47 Å². The summed E-state index contributed by atoms with van der Waals surface area (Å²) < 4.78 is 9.80. The molecule has 28 heavy (non-hydrogen) atoms. The highest BCUT2D eigenvalue weighted by Crippen LogP contribution is 2.16. The first-order valence-corrected chi connectivity index (χ1v) is 9.60. The van der Waals surface area contributed by atoms with E-state index in [2.05, 4.69) is 0 Å². The topological polar surface area (TPSA) is 93.2 Å². The minimum atomic E-state index is -0.551. The van der Waals surface area contributed by atoms with Crippen molar-refractivity contribution in [3.8, 4) is 0 Å². The van der Waals surface area contributed by atoms with Gasteiger partial charge in [0.2, 0.25) is 11.8 Å². The fourth-order valence-electron chi connectivity index (χ4n) is 2.71. The van der Waals surface area contributed by atoms with Crippen LogP contribution in [-0.4, -0.2) is 71.9 Å². The highest BCUT2D eigenvalue weighted by atomic mass is 16.5. The highest BCUT2D eigenvalue weighted by molar-refractivity contribution is 5.96. The van der Waals surface area contributed by atoms with Crippen molar-refractivity contribution in [1.29, 1.82) is 0 Å². The Balaban J connectivity index is 2.63. The first-order chi connectivity index (χ1) is 13.3. The lowest BCUT2D eigenvalue weighted by molar-refractivity contribution is -0.141. The van der Waals surface area contributed by atoms with Crippen molar-refractivity contribution in [2.24, 2.45) is 0 Å². The highest BCUT2D eigenvalue weighted by Gasteiger charge is 2.33. The molecule has 0 aromatic carbocycles. The Hall–Kier alpha value is -2.64. The van der Waals surface area contributed by atoms with Crippen molar-refractivity contribution in [1.82, 2.24) is 9.80 Å². The van der Waals surface area contributed by atoms with E-state index in [-0.39, 0.29) is 23.9 Å². The molecule has 0 aliphatic carbocycles. The van der Waals surface area contributed by atoms with E-state index in [9.17, 15) is 19.2 Å². The molecule has 1 fully saturated rings. The van der Waals surface area contributed by atoms with E-state index in [0.29, 0.717) is 39.1 Å². The van der Waals surface area contributed by atoms with Crippen molar-refractivity contribution < 1.29 is 28.7 Å². The summed E-state index contributed by atoms with van der Waals surface area (Å²) in [5.41, 5.74) is 0. The van der Waals surface area contributed by atoms with E-state index >= 15 is 0 Å². The fraction of sp³-hybridized carbons (Fsp3) is 0.600. The Labute approximate surface area is 166 Å². The van der Waals surface area contributed by atoms with Crippen LogP contribution in [0.3, 0.4) is 0 Å². The summed E-state index contributed by atoms with van der Waals surface area (Å²) in [6, 6.07) is -0.464. The van der Waals surface area contributed by atoms with Crippen LogP contribution in [-0.2, 0) is 28.7 Å². The second-order valence-electron chi connectivity index (χ2n) is 6.68. The number of rotatable bonds is 8. The van der Waals surface area contributed by atoms with E-state index in [1.807, 2.05) is 27.7 Å². The van der Waals surface area contributed by atoms with Gasteiger partial charge in [0.15, 0.2) is 0 Å². The Morgan fingerprint density at radius 3 is 1.43 bits per heavy atom.